The number of anilines is 1. The average Bonchev–Trinajstić information content (AvgIpc) is 2.76. The highest BCUT2D eigenvalue weighted by Gasteiger charge is 2.03. The van der Waals surface area contributed by atoms with Crippen molar-refractivity contribution in [2.45, 2.75) is 26.8 Å². The number of nitrogens with zero attached hydrogens (tertiary/aromatic N) is 2. The Morgan fingerprint density at radius 3 is 2.62 bits per heavy atom. The fraction of sp³-hybridized carbons (Fsp3) is 0.333. The Hall–Kier alpha value is -2.01. The van der Waals surface area contributed by atoms with Gasteiger partial charge in [-0.15, -0.1) is 0 Å². The third-order valence-electron chi connectivity index (χ3n) is 3.04. The van der Waals surface area contributed by atoms with E-state index in [1.165, 1.54) is 0 Å². The predicted molar refractivity (Wildman–Crippen MR) is 84.8 cm³/mol. The number of hydrogen-bond acceptors (Lipinski definition) is 2. The summed E-state index contributed by atoms with van der Waals surface area (Å²) >= 11 is 5.79. The molecule has 0 atom stereocenters. The molecule has 2 amide bonds. The highest BCUT2D eigenvalue weighted by molar-refractivity contribution is 6.30. The first-order chi connectivity index (χ1) is 10.0. The number of aromatic nitrogens is 2. The molecule has 0 aliphatic rings. The quantitative estimate of drug-likeness (QED) is 0.832. The number of carbonyl (C=O) groups excluding carboxylic acids is 1. The standard InChI is InChI=1S/C15H19ClN4O/c1-11-10-12(2)20(19-11)9-3-8-17-15(21)18-14-6-4-13(16)5-7-14/h4-7,10H,3,8-9H2,1-2H3,(H2,17,18,21). The smallest absolute Gasteiger partial charge is 0.319 e. The van der Waals surface area contributed by atoms with E-state index in [0.29, 0.717) is 11.6 Å². The maximum atomic E-state index is 11.7. The van der Waals surface area contributed by atoms with Crippen molar-refractivity contribution in [2.75, 3.05) is 11.9 Å². The zero-order valence-corrected chi connectivity index (χ0v) is 12.9. The molecule has 0 spiro atoms. The van der Waals surface area contributed by atoms with Crippen LogP contribution in [0.2, 0.25) is 5.02 Å². The summed E-state index contributed by atoms with van der Waals surface area (Å²) < 4.78 is 1.95. The van der Waals surface area contributed by atoms with Crippen LogP contribution >= 0.6 is 11.6 Å². The molecule has 0 bridgehead atoms. The minimum atomic E-state index is -0.217. The molecule has 2 N–H and O–H groups in total. The van der Waals surface area contributed by atoms with Gasteiger partial charge in [-0.3, -0.25) is 4.68 Å². The van der Waals surface area contributed by atoms with Gasteiger partial charge in [0.2, 0.25) is 0 Å². The molecule has 0 fully saturated rings. The molecule has 6 heteroatoms. The van der Waals surface area contributed by atoms with Gasteiger partial charge in [-0.25, -0.2) is 4.79 Å². The van der Waals surface area contributed by atoms with Crippen molar-refractivity contribution >= 4 is 23.3 Å². The normalized spacial score (nSPS) is 10.4. The lowest BCUT2D eigenvalue weighted by Gasteiger charge is -2.08. The first-order valence-electron chi connectivity index (χ1n) is 6.86. The van der Waals surface area contributed by atoms with Gasteiger partial charge >= 0.3 is 6.03 Å². The molecular formula is C15H19ClN4O. The van der Waals surface area contributed by atoms with Crippen molar-refractivity contribution in [3.05, 3.63) is 46.7 Å². The summed E-state index contributed by atoms with van der Waals surface area (Å²) in [5.74, 6) is 0. The van der Waals surface area contributed by atoms with Gasteiger partial charge in [0, 0.05) is 29.5 Å². The van der Waals surface area contributed by atoms with Crippen molar-refractivity contribution in [2.24, 2.45) is 0 Å². The second-order valence-electron chi connectivity index (χ2n) is 4.89. The van der Waals surface area contributed by atoms with Crippen molar-refractivity contribution < 1.29 is 4.79 Å². The van der Waals surface area contributed by atoms with E-state index < -0.39 is 0 Å². The fourth-order valence-corrected chi connectivity index (χ4v) is 2.17. The second kappa shape index (κ2) is 7.13. The fourth-order valence-electron chi connectivity index (χ4n) is 2.04. The van der Waals surface area contributed by atoms with Crippen LogP contribution in [0.25, 0.3) is 0 Å². The average molecular weight is 307 g/mol. The number of nitrogens with one attached hydrogen (secondary N) is 2. The van der Waals surface area contributed by atoms with Crippen molar-refractivity contribution in [1.82, 2.24) is 15.1 Å². The maximum absolute atomic E-state index is 11.7. The van der Waals surface area contributed by atoms with Gasteiger partial charge in [0.1, 0.15) is 0 Å². The van der Waals surface area contributed by atoms with Gasteiger partial charge in [0.25, 0.3) is 0 Å². The number of carbonyl (C=O) groups is 1. The molecule has 2 aromatic rings. The van der Waals surface area contributed by atoms with Gasteiger partial charge in [-0.05, 0) is 50.6 Å². The highest BCUT2D eigenvalue weighted by atomic mass is 35.5. The zero-order valence-electron chi connectivity index (χ0n) is 12.2. The molecule has 112 valence electrons. The molecule has 0 saturated heterocycles. The van der Waals surface area contributed by atoms with Gasteiger partial charge in [0.05, 0.1) is 5.69 Å². The number of hydrogen-bond donors (Lipinski definition) is 2. The van der Waals surface area contributed by atoms with E-state index in [-0.39, 0.29) is 6.03 Å². The molecule has 1 aromatic carbocycles. The lowest BCUT2D eigenvalue weighted by Crippen LogP contribution is -2.30. The molecule has 0 radical (unpaired) electrons. The summed E-state index contributed by atoms with van der Waals surface area (Å²) in [6.07, 6.45) is 0.829. The maximum Gasteiger partial charge on any atom is 0.319 e. The highest BCUT2D eigenvalue weighted by Crippen LogP contribution is 2.13. The summed E-state index contributed by atoms with van der Waals surface area (Å²) in [7, 11) is 0. The van der Waals surface area contributed by atoms with Crippen molar-refractivity contribution in [3.8, 4) is 0 Å². The van der Waals surface area contributed by atoms with Gasteiger partial charge in [-0.1, -0.05) is 11.6 Å². The summed E-state index contributed by atoms with van der Waals surface area (Å²) in [6.45, 7) is 5.39. The molecular weight excluding hydrogens is 288 g/mol. The Morgan fingerprint density at radius 1 is 1.29 bits per heavy atom. The Labute approximate surface area is 129 Å². The van der Waals surface area contributed by atoms with Crippen LogP contribution in [0, 0.1) is 13.8 Å². The van der Waals surface area contributed by atoms with Crippen LogP contribution < -0.4 is 10.6 Å². The summed E-state index contributed by atoms with van der Waals surface area (Å²) in [5, 5.41) is 10.6. The molecule has 0 saturated carbocycles. The zero-order chi connectivity index (χ0) is 15.2. The minimum absolute atomic E-state index is 0.217. The molecule has 1 heterocycles. The third-order valence-corrected chi connectivity index (χ3v) is 3.29. The molecule has 5 nitrogen and oxygen atoms in total. The minimum Gasteiger partial charge on any atom is -0.338 e. The summed E-state index contributed by atoms with van der Waals surface area (Å²) in [6, 6.07) is 8.82. The molecule has 21 heavy (non-hydrogen) atoms. The number of rotatable bonds is 5. The first kappa shape index (κ1) is 15.4. The van der Waals surface area contributed by atoms with Crippen molar-refractivity contribution in [3.63, 3.8) is 0 Å². The summed E-state index contributed by atoms with van der Waals surface area (Å²) in [5.41, 5.74) is 2.87. The van der Waals surface area contributed by atoms with E-state index in [0.717, 1.165) is 30.0 Å². The van der Waals surface area contributed by atoms with E-state index >= 15 is 0 Å². The molecule has 2 rings (SSSR count). The van der Waals surface area contributed by atoms with Gasteiger partial charge in [0.15, 0.2) is 0 Å². The second-order valence-corrected chi connectivity index (χ2v) is 5.33. The van der Waals surface area contributed by atoms with Crippen LogP contribution in [0.15, 0.2) is 30.3 Å². The van der Waals surface area contributed by atoms with Crippen molar-refractivity contribution in [1.29, 1.82) is 0 Å². The molecule has 0 unspecified atom stereocenters. The SMILES string of the molecule is Cc1cc(C)n(CCCNC(=O)Nc2ccc(Cl)cc2)n1. The number of urea groups is 1. The van der Waals surface area contributed by atoms with Crippen LogP contribution in [0.4, 0.5) is 10.5 Å². The lowest BCUT2D eigenvalue weighted by molar-refractivity contribution is 0.251. The summed E-state index contributed by atoms with van der Waals surface area (Å²) in [4.78, 5) is 11.7. The molecule has 0 aliphatic carbocycles. The largest absolute Gasteiger partial charge is 0.338 e. The van der Waals surface area contributed by atoms with Crippen LogP contribution in [0.1, 0.15) is 17.8 Å². The van der Waals surface area contributed by atoms with Crippen LogP contribution in [-0.4, -0.2) is 22.4 Å². The number of amides is 2. The molecule has 1 aromatic heterocycles. The number of aryl methyl sites for hydroxylation is 3. The lowest BCUT2D eigenvalue weighted by atomic mass is 10.3. The van der Waals surface area contributed by atoms with E-state index in [4.69, 9.17) is 11.6 Å². The predicted octanol–water partition coefficient (Wildman–Crippen LogP) is 3.37. The Bertz CT molecular complexity index is 607. The van der Waals surface area contributed by atoms with Gasteiger partial charge < -0.3 is 10.6 Å². The first-order valence-corrected chi connectivity index (χ1v) is 7.24. The topological polar surface area (TPSA) is 59.0 Å². The van der Waals surface area contributed by atoms with Crippen LogP contribution in [-0.2, 0) is 6.54 Å². The Morgan fingerprint density at radius 2 is 2.00 bits per heavy atom. The van der Waals surface area contributed by atoms with Crippen LogP contribution in [0.3, 0.4) is 0 Å². The van der Waals surface area contributed by atoms with Crippen LogP contribution in [0.5, 0.6) is 0 Å². The van der Waals surface area contributed by atoms with E-state index in [9.17, 15) is 4.79 Å². The van der Waals surface area contributed by atoms with Gasteiger partial charge in [-0.2, -0.15) is 5.10 Å². The number of benzene rings is 1. The third kappa shape index (κ3) is 4.79. The Balaban J connectivity index is 1.70. The number of halogens is 1. The Kier molecular flexibility index (Phi) is 5.22. The monoisotopic (exact) mass is 306 g/mol. The molecule has 0 aliphatic heterocycles. The van der Waals surface area contributed by atoms with E-state index in [2.05, 4.69) is 15.7 Å². The van der Waals surface area contributed by atoms with E-state index in [1.807, 2.05) is 24.6 Å². The van der Waals surface area contributed by atoms with E-state index in [1.54, 1.807) is 24.3 Å².